The van der Waals surface area contributed by atoms with Crippen molar-refractivity contribution in [2.45, 2.75) is 26.8 Å². The van der Waals surface area contributed by atoms with E-state index in [4.69, 9.17) is 4.74 Å². The summed E-state index contributed by atoms with van der Waals surface area (Å²) in [5.41, 5.74) is 0.702. The predicted molar refractivity (Wildman–Crippen MR) is 89.1 cm³/mol. The van der Waals surface area contributed by atoms with Gasteiger partial charge in [-0.2, -0.15) is 0 Å². The molecule has 0 spiro atoms. The Bertz CT molecular complexity index is 582. The summed E-state index contributed by atoms with van der Waals surface area (Å²) in [7, 11) is 1.45. The van der Waals surface area contributed by atoms with Crippen molar-refractivity contribution in [3.8, 4) is 11.5 Å². The molecule has 1 unspecified atom stereocenters. The van der Waals surface area contributed by atoms with Gasteiger partial charge in [-0.05, 0) is 36.6 Å². The van der Waals surface area contributed by atoms with Crippen LogP contribution in [0.25, 0.3) is 6.08 Å². The summed E-state index contributed by atoms with van der Waals surface area (Å²) in [5, 5.41) is 14.8. The molecule has 126 valence electrons. The van der Waals surface area contributed by atoms with E-state index >= 15 is 0 Å². The van der Waals surface area contributed by atoms with Gasteiger partial charge in [0.1, 0.15) is 0 Å². The summed E-state index contributed by atoms with van der Waals surface area (Å²) in [6.45, 7) is 5.87. The van der Waals surface area contributed by atoms with E-state index in [1.807, 2.05) is 20.8 Å². The molecule has 2 amide bonds. The number of carbonyl (C=O) groups is 2. The fourth-order valence-corrected chi connectivity index (χ4v) is 1.67. The third-order valence-electron chi connectivity index (χ3n) is 3.44. The van der Waals surface area contributed by atoms with E-state index in [0.717, 1.165) is 0 Å². The third-order valence-corrected chi connectivity index (χ3v) is 3.44. The lowest BCUT2D eigenvalue weighted by molar-refractivity contribution is -0.124. The Morgan fingerprint density at radius 1 is 1.30 bits per heavy atom. The number of phenols is 1. The molecule has 0 saturated heterocycles. The second kappa shape index (κ2) is 8.82. The van der Waals surface area contributed by atoms with Gasteiger partial charge >= 0.3 is 0 Å². The van der Waals surface area contributed by atoms with Crippen molar-refractivity contribution in [1.29, 1.82) is 0 Å². The van der Waals surface area contributed by atoms with Gasteiger partial charge in [0, 0.05) is 12.1 Å². The zero-order valence-corrected chi connectivity index (χ0v) is 13.9. The van der Waals surface area contributed by atoms with Crippen LogP contribution < -0.4 is 15.4 Å². The average molecular weight is 320 g/mol. The van der Waals surface area contributed by atoms with Crippen LogP contribution in [0.15, 0.2) is 24.3 Å². The van der Waals surface area contributed by atoms with Crippen molar-refractivity contribution < 1.29 is 19.4 Å². The van der Waals surface area contributed by atoms with Crippen molar-refractivity contribution in [2.75, 3.05) is 13.7 Å². The Morgan fingerprint density at radius 3 is 2.61 bits per heavy atom. The number of phenolic OH excluding ortho intramolecular Hbond substituents is 1. The number of hydrogen-bond donors (Lipinski definition) is 3. The highest BCUT2D eigenvalue weighted by atomic mass is 16.5. The van der Waals surface area contributed by atoms with Crippen LogP contribution in [-0.2, 0) is 9.59 Å². The van der Waals surface area contributed by atoms with Crippen LogP contribution in [0.5, 0.6) is 11.5 Å². The number of methoxy groups -OCH3 is 1. The Kier molecular flexibility index (Phi) is 7.12. The van der Waals surface area contributed by atoms with E-state index in [1.54, 1.807) is 18.2 Å². The molecule has 0 radical (unpaired) electrons. The summed E-state index contributed by atoms with van der Waals surface area (Å²) < 4.78 is 4.99. The molecule has 0 saturated carbocycles. The van der Waals surface area contributed by atoms with Gasteiger partial charge in [-0.25, -0.2) is 0 Å². The van der Waals surface area contributed by atoms with Crippen LogP contribution in [0, 0.1) is 5.92 Å². The number of hydrogen-bond acceptors (Lipinski definition) is 4. The van der Waals surface area contributed by atoms with Crippen LogP contribution in [-0.4, -0.2) is 36.6 Å². The van der Waals surface area contributed by atoms with E-state index in [0.29, 0.717) is 17.2 Å². The zero-order valence-electron chi connectivity index (χ0n) is 13.9. The smallest absolute Gasteiger partial charge is 0.244 e. The molecule has 1 aromatic carbocycles. The molecule has 1 atom stereocenters. The molecule has 0 aromatic heterocycles. The summed E-state index contributed by atoms with van der Waals surface area (Å²) in [4.78, 5) is 23.4. The molecule has 1 aromatic rings. The first-order valence-electron chi connectivity index (χ1n) is 7.45. The molecule has 0 fully saturated rings. The molecule has 1 rings (SSSR count). The topological polar surface area (TPSA) is 87.7 Å². The molecular formula is C17H24N2O4. The second-order valence-corrected chi connectivity index (χ2v) is 5.58. The molecular weight excluding hydrogens is 296 g/mol. The number of carbonyl (C=O) groups excluding carboxylic acids is 2. The first-order valence-corrected chi connectivity index (χ1v) is 7.45. The van der Waals surface area contributed by atoms with Crippen molar-refractivity contribution in [2.24, 2.45) is 5.92 Å². The molecule has 0 aliphatic carbocycles. The molecule has 0 aliphatic rings. The van der Waals surface area contributed by atoms with Gasteiger partial charge in [0.05, 0.1) is 13.7 Å². The highest BCUT2D eigenvalue weighted by Gasteiger charge is 2.10. The SMILES string of the molecule is COc1cc(/C=C/C(=O)NCC(=O)NC(C)C(C)C)ccc1O. The fraction of sp³-hybridized carbons (Fsp3) is 0.412. The molecule has 0 aliphatic heterocycles. The minimum absolute atomic E-state index is 0.0324. The standard InChI is InChI=1S/C17H24N2O4/c1-11(2)12(3)19-17(22)10-18-16(21)8-6-13-5-7-14(20)15(9-13)23-4/h5-9,11-12,20H,10H2,1-4H3,(H,18,21)(H,19,22)/b8-6+. The van der Waals surface area contributed by atoms with Gasteiger partial charge in [0.15, 0.2) is 11.5 Å². The van der Waals surface area contributed by atoms with Crippen LogP contribution in [0.4, 0.5) is 0 Å². The number of rotatable bonds is 7. The Balaban J connectivity index is 2.49. The summed E-state index contributed by atoms with van der Waals surface area (Å²) in [5.74, 6) is 0.0994. The first kappa shape index (κ1) is 18.5. The maximum absolute atomic E-state index is 11.7. The monoisotopic (exact) mass is 320 g/mol. The molecule has 3 N–H and O–H groups in total. The number of aromatic hydroxyl groups is 1. The predicted octanol–water partition coefficient (Wildman–Crippen LogP) is 1.69. The average Bonchev–Trinajstić information content (AvgIpc) is 2.51. The van der Waals surface area contributed by atoms with E-state index < -0.39 is 0 Å². The Labute approximate surface area is 136 Å². The summed E-state index contributed by atoms with van der Waals surface area (Å²) in [6.07, 6.45) is 2.90. The summed E-state index contributed by atoms with van der Waals surface area (Å²) in [6, 6.07) is 4.80. The van der Waals surface area contributed by atoms with Gasteiger partial charge in [0.2, 0.25) is 11.8 Å². The van der Waals surface area contributed by atoms with Gasteiger partial charge in [-0.15, -0.1) is 0 Å². The zero-order chi connectivity index (χ0) is 17.4. The van der Waals surface area contributed by atoms with Crippen LogP contribution in [0.3, 0.4) is 0 Å². The van der Waals surface area contributed by atoms with Crippen molar-refractivity contribution in [1.82, 2.24) is 10.6 Å². The minimum Gasteiger partial charge on any atom is -0.504 e. The highest BCUT2D eigenvalue weighted by molar-refractivity contribution is 5.94. The summed E-state index contributed by atoms with van der Waals surface area (Å²) >= 11 is 0. The molecule has 6 heteroatoms. The lowest BCUT2D eigenvalue weighted by Crippen LogP contribution is -2.42. The van der Waals surface area contributed by atoms with Crippen molar-refractivity contribution in [3.05, 3.63) is 29.8 Å². The maximum Gasteiger partial charge on any atom is 0.244 e. The van der Waals surface area contributed by atoms with Gasteiger partial charge in [0.25, 0.3) is 0 Å². The number of benzene rings is 1. The van der Waals surface area contributed by atoms with Crippen LogP contribution in [0.2, 0.25) is 0 Å². The molecule has 0 bridgehead atoms. The van der Waals surface area contributed by atoms with Gasteiger partial charge in [-0.3, -0.25) is 9.59 Å². The molecule has 6 nitrogen and oxygen atoms in total. The Morgan fingerprint density at radius 2 is 2.00 bits per heavy atom. The van der Waals surface area contributed by atoms with E-state index in [-0.39, 0.29) is 30.2 Å². The molecule has 0 heterocycles. The number of nitrogens with one attached hydrogen (secondary N) is 2. The largest absolute Gasteiger partial charge is 0.504 e. The van der Waals surface area contributed by atoms with Crippen molar-refractivity contribution in [3.63, 3.8) is 0 Å². The van der Waals surface area contributed by atoms with Gasteiger partial charge in [-0.1, -0.05) is 19.9 Å². The second-order valence-electron chi connectivity index (χ2n) is 5.58. The third kappa shape index (κ3) is 6.42. The Hall–Kier alpha value is -2.50. The minimum atomic E-state index is -0.371. The number of ether oxygens (including phenoxy) is 1. The lowest BCUT2D eigenvalue weighted by atomic mass is 10.1. The number of amides is 2. The van der Waals surface area contributed by atoms with E-state index in [2.05, 4.69) is 10.6 Å². The lowest BCUT2D eigenvalue weighted by Gasteiger charge is -2.17. The van der Waals surface area contributed by atoms with Gasteiger partial charge < -0.3 is 20.5 Å². The van der Waals surface area contributed by atoms with Crippen LogP contribution in [0.1, 0.15) is 26.3 Å². The van der Waals surface area contributed by atoms with E-state index in [9.17, 15) is 14.7 Å². The normalized spacial score (nSPS) is 12.2. The maximum atomic E-state index is 11.7. The quantitative estimate of drug-likeness (QED) is 0.667. The first-order chi connectivity index (χ1) is 10.8. The van der Waals surface area contributed by atoms with Crippen LogP contribution >= 0.6 is 0 Å². The fourth-order valence-electron chi connectivity index (χ4n) is 1.67. The van der Waals surface area contributed by atoms with E-state index in [1.165, 1.54) is 19.3 Å². The molecule has 23 heavy (non-hydrogen) atoms. The highest BCUT2D eigenvalue weighted by Crippen LogP contribution is 2.26. The van der Waals surface area contributed by atoms with Crippen molar-refractivity contribution >= 4 is 17.9 Å².